The minimum absolute atomic E-state index is 0.0695. The number of esters is 1. The van der Waals surface area contributed by atoms with E-state index < -0.39 is 46.1 Å². The molecule has 6 aliphatic rings. The Bertz CT molecular complexity index is 1670. The van der Waals surface area contributed by atoms with Crippen LogP contribution in [-0.4, -0.2) is 82.2 Å². The molecule has 3 aliphatic carbocycles. The van der Waals surface area contributed by atoms with E-state index in [1.54, 1.807) is 4.90 Å². The van der Waals surface area contributed by atoms with E-state index in [0.717, 1.165) is 17.6 Å². The molecule has 10 nitrogen and oxygen atoms in total. The van der Waals surface area contributed by atoms with Crippen LogP contribution in [0.3, 0.4) is 0 Å². The van der Waals surface area contributed by atoms with Crippen molar-refractivity contribution in [3.63, 3.8) is 0 Å². The molecular weight excluding hydrogens is 576 g/mol. The van der Waals surface area contributed by atoms with E-state index in [4.69, 9.17) is 18.9 Å². The first-order valence-electron chi connectivity index (χ1n) is 16.3. The predicted octanol–water partition coefficient (Wildman–Crippen LogP) is 4.32. The summed E-state index contributed by atoms with van der Waals surface area (Å²) in [7, 11) is 1.38. The Labute approximate surface area is 262 Å². The first-order chi connectivity index (χ1) is 21.3. The lowest BCUT2D eigenvalue weighted by Crippen LogP contribution is -2.75. The molecule has 2 saturated heterocycles. The van der Waals surface area contributed by atoms with Crippen LogP contribution in [0.1, 0.15) is 71.1 Å². The lowest BCUT2D eigenvalue weighted by Gasteiger charge is -2.67. The number of methoxy groups -OCH3 is 1. The zero-order chi connectivity index (χ0) is 31.7. The van der Waals surface area contributed by atoms with Gasteiger partial charge in [0, 0.05) is 52.5 Å². The average Bonchev–Trinajstić information content (AvgIpc) is 3.61. The number of ketones is 1. The van der Waals surface area contributed by atoms with Crippen molar-refractivity contribution in [1.82, 2.24) is 9.88 Å². The molecule has 7 atom stereocenters. The lowest BCUT2D eigenvalue weighted by atomic mass is 9.41. The molecule has 1 spiro atoms. The fourth-order valence-electron chi connectivity index (χ4n) is 10.2. The van der Waals surface area contributed by atoms with E-state index in [-0.39, 0.29) is 23.6 Å². The summed E-state index contributed by atoms with van der Waals surface area (Å²) in [6.45, 7) is 8.72. The molecule has 8 rings (SSSR count). The summed E-state index contributed by atoms with van der Waals surface area (Å²) >= 11 is 0. The Kier molecular flexibility index (Phi) is 5.97. The summed E-state index contributed by atoms with van der Waals surface area (Å²) in [4.78, 5) is 44.9. The van der Waals surface area contributed by atoms with Gasteiger partial charge in [-0.05, 0) is 69.6 Å². The van der Waals surface area contributed by atoms with Crippen LogP contribution in [0, 0.1) is 17.3 Å². The molecule has 2 aromatic rings. The number of aromatic amines is 1. The smallest absolute Gasteiger partial charge is 0.410 e. The number of nitrogens with one attached hydrogen (secondary N) is 1. The van der Waals surface area contributed by atoms with E-state index in [9.17, 15) is 19.5 Å². The first-order valence-corrected chi connectivity index (χ1v) is 16.3. The van der Waals surface area contributed by atoms with Gasteiger partial charge < -0.3 is 33.9 Å². The number of nitrogens with zero attached hydrogens (tertiary/aromatic N) is 1. The third-order valence-electron chi connectivity index (χ3n) is 12.8. The van der Waals surface area contributed by atoms with Gasteiger partial charge in [0.1, 0.15) is 17.3 Å². The van der Waals surface area contributed by atoms with Crippen LogP contribution in [0.4, 0.5) is 4.79 Å². The van der Waals surface area contributed by atoms with Gasteiger partial charge in [0.2, 0.25) is 0 Å². The zero-order valence-corrected chi connectivity index (χ0v) is 26.6. The van der Waals surface area contributed by atoms with Crippen LogP contribution in [0.2, 0.25) is 0 Å². The Morgan fingerprint density at radius 1 is 1.09 bits per heavy atom. The number of hydrogen-bond acceptors (Lipinski definition) is 8. The molecule has 3 aliphatic heterocycles. The van der Waals surface area contributed by atoms with Gasteiger partial charge in [0.25, 0.3) is 0 Å². The van der Waals surface area contributed by atoms with Crippen LogP contribution < -0.4 is 0 Å². The van der Waals surface area contributed by atoms with Crippen molar-refractivity contribution >= 4 is 28.7 Å². The normalized spacial score (nSPS) is 39.9. The number of carbonyl (C=O) groups excluding carboxylic acids is 3. The van der Waals surface area contributed by atoms with Gasteiger partial charge in [-0.15, -0.1) is 0 Å². The Hall–Kier alpha value is -3.21. The molecule has 2 N–H and O–H groups in total. The number of para-hydroxylation sites is 1. The topological polar surface area (TPSA) is 127 Å². The Morgan fingerprint density at radius 3 is 2.56 bits per heavy atom. The summed E-state index contributed by atoms with van der Waals surface area (Å²) in [5.74, 6) is -1.99. The Morgan fingerprint density at radius 2 is 1.82 bits per heavy atom. The Balaban J connectivity index is 1.22. The van der Waals surface area contributed by atoms with Gasteiger partial charge in [0.15, 0.2) is 17.7 Å². The van der Waals surface area contributed by atoms with Crippen molar-refractivity contribution in [3.05, 3.63) is 47.2 Å². The van der Waals surface area contributed by atoms with Crippen molar-refractivity contribution in [2.75, 3.05) is 20.2 Å². The number of fused-ring (bicyclic) bond motifs is 9. The van der Waals surface area contributed by atoms with Crippen LogP contribution in [0.15, 0.2) is 35.9 Å². The molecule has 4 fully saturated rings. The minimum atomic E-state index is -1.77. The summed E-state index contributed by atoms with van der Waals surface area (Å²) in [5, 5.41) is 14.6. The number of H-pyrrole nitrogens is 1. The molecule has 0 unspecified atom stereocenters. The maximum Gasteiger partial charge on any atom is 0.410 e. The minimum Gasteiger partial charge on any atom is -0.469 e. The molecule has 4 heterocycles. The second-order valence-corrected chi connectivity index (χ2v) is 15.0. The van der Waals surface area contributed by atoms with Crippen molar-refractivity contribution in [3.8, 4) is 0 Å². The van der Waals surface area contributed by atoms with E-state index in [1.165, 1.54) is 24.1 Å². The van der Waals surface area contributed by atoms with Gasteiger partial charge >= 0.3 is 12.1 Å². The second-order valence-electron chi connectivity index (χ2n) is 15.0. The predicted molar refractivity (Wildman–Crippen MR) is 162 cm³/mol. The van der Waals surface area contributed by atoms with E-state index in [1.807, 2.05) is 26.0 Å². The van der Waals surface area contributed by atoms with Crippen LogP contribution in [-0.2, 0) is 40.4 Å². The van der Waals surface area contributed by atoms with Crippen LogP contribution in [0.5, 0.6) is 0 Å². The van der Waals surface area contributed by atoms with E-state index >= 15 is 0 Å². The van der Waals surface area contributed by atoms with Gasteiger partial charge in [0.05, 0.1) is 13.0 Å². The number of aromatic nitrogens is 1. The second kappa shape index (κ2) is 9.20. The highest BCUT2D eigenvalue weighted by molar-refractivity contribution is 5.97. The fourth-order valence-corrected chi connectivity index (χ4v) is 10.2. The number of likely N-dealkylation sites (tertiary alicyclic amines) is 1. The summed E-state index contributed by atoms with van der Waals surface area (Å²) in [5.41, 5.74) is -0.274. The molecule has 1 amide bonds. The van der Waals surface area contributed by atoms with Crippen molar-refractivity contribution in [1.29, 1.82) is 0 Å². The zero-order valence-electron chi connectivity index (χ0n) is 26.6. The fraction of sp³-hybridized carbons (Fsp3) is 0.629. The first kappa shape index (κ1) is 29.2. The number of hydrogen-bond donors (Lipinski definition) is 2. The van der Waals surface area contributed by atoms with Gasteiger partial charge in [-0.2, -0.15) is 0 Å². The third-order valence-corrected chi connectivity index (χ3v) is 12.8. The largest absolute Gasteiger partial charge is 0.469 e. The lowest BCUT2D eigenvalue weighted by molar-refractivity contribution is -0.274. The SMILES string of the molecule is COC(=O)C1CCN(C(=O)O[C@H]2C[C@H]3Cc4c([nH]c5ccccc45)[C@]3(C)[C@@]3(C)CC[C@@]45O[C@@H](C(=O)C=C4[C@]23O)C(C)(C)O5)CC1. The summed E-state index contributed by atoms with van der Waals surface area (Å²) in [6.07, 6.45) is 2.42. The van der Waals surface area contributed by atoms with Crippen LogP contribution >= 0.6 is 0 Å². The maximum atomic E-state index is 13.9. The highest BCUT2D eigenvalue weighted by Gasteiger charge is 2.78. The summed E-state index contributed by atoms with van der Waals surface area (Å²) in [6, 6.07) is 8.28. The molecular formula is C35H42N2O8. The van der Waals surface area contributed by atoms with Crippen molar-refractivity contribution in [2.24, 2.45) is 17.3 Å². The quantitative estimate of drug-likeness (QED) is 0.477. The highest BCUT2D eigenvalue weighted by atomic mass is 16.8. The number of ether oxygens (including phenoxy) is 4. The number of aliphatic hydroxyl groups is 1. The maximum absolute atomic E-state index is 13.9. The number of rotatable bonds is 2. The van der Waals surface area contributed by atoms with Gasteiger partial charge in [-0.25, -0.2) is 4.79 Å². The molecule has 240 valence electrons. The molecule has 1 aromatic heterocycles. The third kappa shape index (κ3) is 3.53. The molecule has 2 bridgehead atoms. The average molecular weight is 619 g/mol. The number of piperidine rings is 1. The number of benzene rings is 1. The molecule has 0 radical (unpaired) electrons. The highest BCUT2D eigenvalue weighted by Crippen LogP contribution is 2.72. The van der Waals surface area contributed by atoms with Gasteiger partial charge in [-0.1, -0.05) is 32.0 Å². The number of carbonyl (C=O) groups is 3. The molecule has 2 saturated carbocycles. The molecule has 10 heteroatoms. The van der Waals surface area contributed by atoms with E-state index in [2.05, 4.69) is 31.0 Å². The van der Waals surface area contributed by atoms with Crippen molar-refractivity contribution < 1.29 is 38.4 Å². The van der Waals surface area contributed by atoms with Crippen LogP contribution in [0.25, 0.3) is 10.9 Å². The monoisotopic (exact) mass is 618 g/mol. The number of amides is 1. The summed E-state index contributed by atoms with van der Waals surface area (Å²) < 4.78 is 24.4. The van der Waals surface area contributed by atoms with Gasteiger partial charge in [-0.3, -0.25) is 9.59 Å². The van der Waals surface area contributed by atoms with Crippen molar-refractivity contribution in [2.45, 2.75) is 101 Å². The standard InChI is InChI=1S/C35H42N2O8/c1-31(2)28-24(38)18-25-34(44-28,45-31)13-12-32(3)33(4)20(16-22-21-8-6-7-9-23(21)36-27(22)33)17-26(35(25,32)41)43-30(40)37-14-10-19(11-15-37)29(39)42-5/h6-9,18-20,26,28,36,41H,10-17H2,1-5H3/t20-,26+,28+,32-,33-,34+,35+/m1/s1. The molecule has 1 aromatic carbocycles. The molecule has 45 heavy (non-hydrogen) atoms. The van der Waals surface area contributed by atoms with E-state index in [0.29, 0.717) is 50.8 Å².